The van der Waals surface area contributed by atoms with Crippen molar-refractivity contribution in [1.82, 2.24) is 4.98 Å². The number of halogens is 1. The van der Waals surface area contributed by atoms with Gasteiger partial charge in [0.15, 0.2) is 0 Å². The third-order valence-electron chi connectivity index (χ3n) is 4.89. The average molecular weight is 393 g/mol. The van der Waals surface area contributed by atoms with Crippen LogP contribution >= 0.6 is 22.7 Å². The smallest absolute Gasteiger partial charge is 0.131 e. The number of rotatable bonds is 3. The minimum absolute atomic E-state index is 0.246. The van der Waals surface area contributed by atoms with Gasteiger partial charge in [0.05, 0.1) is 15.8 Å². The molecule has 0 amide bonds. The molecule has 0 fully saturated rings. The standard InChI is InChI=1S/C22H17FN2S2/c23-16-9-3-1-7-14(16)13-24-21-20(15-8-2-5-11-18(15)26-21)22-25-17-10-4-6-12-19(17)27-22/h1,3-4,6-7,9-10,12-13H,2,5,8,11H2/b24-13+. The van der Waals surface area contributed by atoms with Gasteiger partial charge in [-0.1, -0.05) is 30.3 Å². The molecule has 2 aromatic heterocycles. The minimum Gasteiger partial charge on any atom is -0.245 e. The minimum atomic E-state index is -0.246. The lowest BCUT2D eigenvalue weighted by molar-refractivity contribution is 0.626. The van der Waals surface area contributed by atoms with Crippen molar-refractivity contribution >= 4 is 44.1 Å². The van der Waals surface area contributed by atoms with Gasteiger partial charge in [-0.2, -0.15) is 0 Å². The summed E-state index contributed by atoms with van der Waals surface area (Å²) in [5.41, 5.74) is 4.09. The second kappa shape index (κ2) is 6.98. The van der Waals surface area contributed by atoms with E-state index in [0.29, 0.717) is 5.56 Å². The number of aromatic nitrogens is 1. The summed E-state index contributed by atoms with van der Waals surface area (Å²) in [5, 5.41) is 1.97. The summed E-state index contributed by atoms with van der Waals surface area (Å²) in [6, 6.07) is 15.0. The molecule has 0 aliphatic heterocycles. The van der Waals surface area contributed by atoms with Crippen molar-refractivity contribution in [1.29, 1.82) is 0 Å². The van der Waals surface area contributed by atoms with E-state index in [-0.39, 0.29) is 5.82 Å². The first-order valence-corrected chi connectivity index (χ1v) is 10.7. The van der Waals surface area contributed by atoms with Crippen LogP contribution in [0.2, 0.25) is 0 Å². The molecule has 134 valence electrons. The molecule has 0 saturated heterocycles. The van der Waals surface area contributed by atoms with E-state index in [9.17, 15) is 4.39 Å². The summed E-state index contributed by atoms with van der Waals surface area (Å²) < 4.78 is 15.2. The van der Waals surface area contributed by atoms with E-state index in [1.807, 2.05) is 18.2 Å². The van der Waals surface area contributed by atoms with E-state index < -0.39 is 0 Å². The monoisotopic (exact) mass is 392 g/mol. The van der Waals surface area contributed by atoms with Crippen molar-refractivity contribution in [3.63, 3.8) is 0 Å². The molecule has 27 heavy (non-hydrogen) atoms. The molecular formula is C22H17FN2S2. The van der Waals surface area contributed by atoms with Gasteiger partial charge < -0.3 is 0 Å². The number of fused-ring (bicyclic) bond motifs is 2. The fraction of sp³-hybridized carbons (Fsp3) is 0.182. The van der Waals surface area contributed by atoms with Crippen LogP contribution in [0.1, 0.15) is 28.8 Å². The number of hydrogen-bond acceptors (Lipinski definition) is 4. The molecule has 2 aromatic carbocycles. The summed E-state index contributed by atoms with van der Waals surface area (Å²) >= 11 is 3.45. The Hall–Kier alpha value is -2.37. The Kier molecular flexibility index (Phi) is 4.34. The number of thiazole rings is 1. The number of benzene rings is 2. The maximum atomic E-state index is 14.0. The average Bonchev–Trinajstić information content (AvgIpc) is 3.27. The van der Waals surface area contributed by atoms with Crippen molar-refractivity contribution in [2.75, 3.05) is 0 Å². The van der Waals surface area contributed by atoms with Gasteiger partial charge in [0.1, 0.15) is 15.8 Å². The lowest BCUT2D eigenvalue weighted by Gasteiger charge is -2.11. The zero-order valence-electron chi connectivity index (χ0n) is 14.6. The van der Waals surface area contributed by atoms with Gasteiger partial charge in [0.25, 0.3) is 0 Å². The molecular weight excluding hydrogens is 375 g/mol. The molecule has 2 heterocycles. The maximum absolute atomic E-state index is 14.0. The van der Waals surface area contributed by atoms with Crippen LogP contribution in [0, 0.1) is 5.82 Å². The molecule has 1 aliphatic rings. The Morgan fingerprint density at radius 3 is 2.67 bits per heavy atom. The zero-order valence-corrected chi connectivity index (χ0v) is 16.2. The fourth-order valence-corrected chi connectivity index (χ4v) is 5.89. The van der Waals surface area contributed by atoms with E-state index in [1.54, 1.807) is 41.0 Å². The van der Waals surface area contributed by atoms with Crippen LogP contribution in [0.3, 0.4) is 0 Å². The molecule has 0 bridgehead atoms. The molecule has 5 rings (SSSR count). The second-order valence-corrected chi connectivity index (χ2v) is 8.77. The Morgan fingerprint density at radius 1 is 0.963 bits per heavy atom. The highest BCUT2D eigenvalue weighted by Gasteiger charge is 2.23. The van der Waals surface area contributed by atoms with E-state index in [0.717, 1.165) is 33.9 Å². The first-order chi connectivity index (χ1) is 13.3. The molecule has 0 unspecified atom stereocenters. The van der Waals surface area contributed by atoms with Gasteiger partial charge >= 0.3 is 0 Å². The SMILES string of the molecule is Fc1ccccc1/C=N/c1sc2c(c1-c1nc3ccccc3s1)CCCC2. The summed E-state index contributed by atoms with van der Waals surface area (Å²) in [5.74, 6) is -0.246. The topological polar surface area (TPSA) is 25.2 Å². The van der Waals surface area contributed by atoms with Crippen molar-refractivity contribution in [2.24, 2.45) is 4.99 Å². The van der Waals surface area contributed by atoms with Crippen LogP contribution in [0.4, 0.5) is 9.39 Å². The van der Waals surface area contributed by atoms with Crippen LogP contribution in [-0.4, -0.2) is 11.2 Å². The number of aryl methyl sites for hydroxylation is 1. The molecule has 1 aliphatic carbocycles. The third kappa shape index (κ3) is 3.11. The Labute approximate surface area is 165 Å². The van der Waals surface area contributed by atoms with E-state index in [2.05, 4.69) is 12.1 Å². The van der Waals surface area contributed by atoms with E-state index >= 15 is 0 Å². The first kappa shape index (κ1) is 16.8. The molecule has 0 atom stereocenters. The molecule has 0 spiro atoms. The van der Waals surface area contributed by atoms with Crippen molar-refractivity contribution in [3.8, 4) is 10.6 Å². The quantitative estimate of drug-likeness (QED) is 0.352. The summed E-state index contributed by atoms with van der Waals surface area (Å²) in [4.78, 5) is 11.0. The lowest BCUT2D eigenvalue weighted by atomic mass is 9.96. The Morgan fingerprint density at radius 2 is 1.78 bits per heavy atom. The molecule has 0 radical (unpaired) electrons. The van der Waals surface area contributed by atoms with Gasteiger partial charge in [-0.3, -0.25) is 0 Å². The molecule has 4 aromatic rings. The number of aliphatic imine (C=N–C) groups is 1. The largest absolute Gasteiger partial charge is 0.245 e. The second-order valence-electron chi connectivity index (χ2n) is 6.66. The van der Waals surface area contributed by atoms with Crippen molar-refractivity contribution < 1.29 is 4.39 Å². The molecule has 0 saturated carbocycles. The number of thiophene rings is 1. The maximum Gasteiger partial charge on any atom is 0.131 e. The highest BCUT2D eigenvalue weighted by molar-refractivity contribution is 7.22. The highest BCUT2D eigenvalue weighted by Crippen LogP contribution is 2.47. The van der Waals surface area contributed by atoms with Gasteiger partial charge in [-0.15, -0.1) is 22.7 Å². The van der Waals surface area contributed by atoms with Gasteiger partial charge in [0, 0.05) is 16.7 Å². The fourth-order valence-electron chi connectivity index (χ4n) is 3.55. The Bertz CT molecular complexity index is 1120. The van der Waals surface area contributed by atoms with Crippen molar-refractivity contribution in [3.05, 3.63) is 70.4 Å². The molecule has 2 nitrogen and oxygen atoms in total. The van der Waals surface area contributed by atoms with Crippen LogP contribution in [0.15, 0.2) is 53.5 Å². The Balaban J connectivity index is 1.65. The van der Waals surface area contributed by atoms with Crippen LogP contribution in [0.5, 0.6) is 0 Å². The molecule has 0 N–H and O–H groups in total. The lowest BCUT2D eigenvalue weighted by Crippen LogP contribution is -1.99. The van der Waals surface area contributed by atoms with E-state index in [4.69, 9.17) is 9.98 Å². The van der Waals surface area contributed by atoms with Crippen LogP contribution in [0.25, 0.3) is 20.8 Å². The predicted octanol–water partition coefficient (Wildman–Crippen LogP) is 6.79. The number of hydrogen-bond donors (Lipinski definition) is 0. The highest BCUT2D eigenvalue weighted by atomic mass is 32.1. The predicted molar refractivity (Wildman–Crippen MR) is 113 cm³/mol. The van der Waals surface area contributed by atoms with Gasteiger partial charge in [0.2, 0.25) is 0 Å². The number of para-hydroxylation sites is 1. The summed E-state index contributed by atoms with van der Waals surface area (Å²) in [6.45, 7) is 0. The van der Waals surface area contributed by atoms with Crippen LogP contribution in [-0.2, 0) is 12.8 Å². The van der Waals surface area contributed by atoms with Crippen LogP contribution < -0.4 is 0 Å². The summed E-state index contributed by atoms with van der Waals surface area (Å²) in [7, 11) is 0. The zero-order chi connectivity index (χ0) is 18.2. The van der Waals surface area contributed by atoms with Crippen molar-refractivity contribution in [2.45, 2.75) is 25.7 Å². The number of nitrogens with zero attached hydrogens (tertiary/aromatic N) is 2. The summed E-state index contributed by atoms with van der Waals surface area (Å²) in [6.07, 6.45) is 6.25. The van der Waals surface area contributed by atoms with E-state index in [1.165, 1.54) is 34.0 Å². The normalized spacial score (nSPS) is 14.1. The van der Waals surface area contributed by atoms with Gasteiger partial charge in [-0.25, -0.2) is 14.4 Å². The third-order valence-corrected chi connectivity index (χ3v) is 7.14. The first-order valence-electron chi connectivity index (χ1n) is 9.08. The molecule has 5 heteroatoms. The van der Waals surface area contributed by atoms with Gasteiger partial charge in [-0.05, 0) is 49.4 Å².